The number of piperidine rings is 1. The molecule has 2 fully saturated rings. The van der Waals surface area contributed by atoms with E-state index in [0.29, 0.717) is 55.5 Å². The number of hydrogen-bond donors (Lipinski definition) is 1. The molecule has 0 aliphatic carbocycles. The first-order valence-electron chi connectivity index (χ1n) is 11.1. The number of alkyl halides is 3. The number of aromatic nitrogens is 1. The van der Waals surface area contributed by atoms with Crippen LogP contribution in [0.3, 0.4) is 0 Å². The molecule has 8 nitrogen and oxygen atoms in total. The van der Waals surface area contributed by atoms with Crippen molar-refractivity contribution in [3.8, 4) is 0 Å². The van der Waals surface area contributed by atoms with Gasteiger partial charge in [-0.3, -0.25) is 24.4 Å². The van der Waals surface area contributed by atoms with Crippen molar-refractivity contribution < 1.29 is 31.9 Å². The summed E-state index contributed by atoms with van der Waals surface area (Å²) in [6.45, 7) is 4.45. The second-order valence-electron chi connectivity index (χ2n) is 8.65. The van der Waals surface area contributed by atoms with Gasteiger partial charge in [0.25, 0.3) is 11.8 Å². The Balaban J connectivity index is 1.42. The molecule has 0 unspecified atom stereocenters. The first kappa shape index (κ1) is 25.1. The predicted molar refractivity (Wildman–Crippen MR) is 121 cm³/mol. The summed E-state index contributed by atoms with van der Waals surface area (Å²) in [5.41, 5.74) is -1.94. The van der Waals surface area contributed by atoms with E-state index >= 15 is 0 Å². The van der Waals surface area contributed by atoms with Gasteiger partial charge in [0.1, 0.15) is 11.4 Å². The summed E-state index contributed by atoms with van der Waals surface area (Å²) in [7, 11) is 1.43. The number of halogens is 4. The van der Waals surface area contributed by atoms with Gasteiger partial charge in [-0.1, -0.05) is 6.58 Å². The minimum Gasteiger partial charge on any atom is -0.374 e. The number of likely N-dealkylation sites (N-methyl/N-ethyl adjacent to an activating group) is 1. The fourth-order valence-corrected chi connectivity index (χ4v) is 4.57. The van der Waals surface area contributed by atoms with Crippen molar-refractivity contribution >= 4 is 23.5 Å². The molecule has 0 atom stereocenters. The summed E-state index contributed by atoms with van der Waals surface area (Å²) in [6, 6.07) is 4.50. The van der Waals surface area contributed by atoms with Gasteiger partial charge in [0.05, 0.1) is 17.7 Å². The molecular formula is C24H23F4N5O3. The van der Waals surface area contributed by atoms with E-state index in [2.05, 4.69) is 16.9 Å². The van der Waals surface area contributed by atoms with Gasteiger partial charge in [0.2, 0.25) is 0 Å². The van der Waals surface area contributed by atoms with E-state index in [1.165, 1.54) is 24.3 Å². The lowest BCUT2D eigenvalue weighted by Crippen LogP contribution is -2.57. The maximum Gasteiger partial charge on any atom is 0.416 e. The van der Waals surface area contributed by atoms with Crippen LogP contribution >= 0.6 is 0 Å². The molecule has 190 valence electrons. The fraction of sp³-hybridized carbons (Fsp3) is 0.333. The summed E-state index contributed by atoms with van der Waals surface area (Å²) in [6.07, 6.45) is -1.07. The number of amides is 4. The molecule has 1 N–H and O–H groups in total. The maximum atomic E-state index is 14.0. The fourth-order valence-electron chi connectivity index (χ4n) is 4.57. The number of carbonyl (C=O) groups excluding carboxylic acids is 3. The Labute approximate surface area is 204 Å². The van der Waals surface area contributed by atoms with Crippen LogP contribution < -0.4 is 10.2 Å². The number of rotatable bonds is 5. The summed E-state index contributed by atoms with van der Waals surface area (Å²) >= 11 is 0. The molecule has 0 saturated carbocycles. The van der Waals surface area contributed by atoms with Gasteiger partial charge in [-0.05, 0) is 43.2 Å². The highest BCUT2D eigenvalue weighted by Crippen LogP contribution is 2.40. The van der Waals surface area contributed by atoms with Crippen LogP contribution in [0.1, 0.15) is 28.8 Å². The summed E-state index contributed by atoms with van der Waals surface area (Å²) in [5.74, 6) is -2.39. The number of nitrogens with one attached hydrogen (secondary N) is 1. The lowest BCUT2D eigenvalue weighted by atomic mass is 9.85. The summed E-state index contributed by atoms with van der Waals surface area (Å²) in [5, 5.41) is 2.40. The predicted octanol–water partition coefficient (Wildman–Crippen LogP) is 3.42. The monoisotopic (exact) mass is 505 g/mol. The van der Waals surface area contributed by atoms with Crippen LogP contribution in [0.5, 0.6) is 0 Å². The number of anilines is 1. The first-order chi connectivity index (χ1) is 17.0. The quantitative estimate of drug-likeness (QED) is 0.497. The van der Waals surface area contributed by atoms with Gasteiger partial charge in [0.15, 0.2) is 0 Å². The first-order valence-corrected chi connectivity index (χ1v) is 11.1. The molecule has 3 heterocycles. The van der Waals surface area contributed by atoms with E-state index in [0.717, 1.165) is 4.90 Å². The van der Waals surface area contributed by atoms with Crippen molar-refractivity contribution in [1.82, 2.24) is 20.1 Å². The Hall–Kier alpha value is -3.96. The Morgan fingerprint density at radius 1 is 1.14 bits per heavy atom. The Bertz CT molecular complexity index is 1210. The number of imide groups is 1. The van der Waals surface area contributed by atoms with Crippen LogP contribution in [0.2, 0.25) is 0 Å². The number of nitrogens with zero attached hydrogens (tertiary/aromatic N) is 4. The van der Waals surface area contributed by atoms with E-state index in [1.54, 1.807) is 12.1 Å². The molecule has 2 aliphatic rings. The second kappa shape index (κ2) is 9.25. The van der Waals surface area contributed by atoms with Crippen LogP contribution in [0.4, 0.5) is 28.0 Å². The summed E-state index contributed by atoms with van der Waals surface area (Å²) < 4.78 is 52.8. The van der Waals surface area contributed by atoms with Gasteiger partial charge in [-0.15, -0.1) is 0 Å². The summed E-state index contributed by atoms with van der Waals surface area (Å²) in [4.78, 5) is 46.7. The molecule has 4 amide bonds. The van der Waals surface area contributed by atoms with Crippen LogP contribution in [0, 0.1) is 5.82 Å². The van der Waals surface area contributed by atoms with Gasteiger partial charge >= 0.3 is 12.2 Å². The zero-order valence-corrected chi connectivity index (χ0v) is 19.3. The largest absolute Gasteiger partial charge is 0.416 e. The number of pyridine rings is 1. The molecule has 1 spiro atoms. The Morgan fingerprint density at radius 2 is 1.78 bits per heavy atom. The van der Waals surface area contributed by atoms with Crippen LogP contribution in [0.15, 0.2) is 55.0 Å². The molecule has 2 saturated heterocycles. The highest BCUT2D eigenvalue weighted by molar-refractivity contribution is 6.16. The lowest BCUT2D eigenvalue weighted by Gasteiger charge is -2.43. The maximum absolute atomic E-state index is 14.0. The molecule has 0 radical (unpaired) electrons. The normalized spacial score (nSPS) is 17.6. The number of carbonyl (C=O) groups is 3. The van der Waals surface area contributed by atoms with Crippen molar-refractivity contribution in [3.05, 3.63) is 71.9 Å². The molecule has 4 rings (SSSR count). The number of likely N-dealkylation sites (tertiary alicyclic amines) is 1. The van der Waals surface area contributed by atoms with Crippen LogP contribution in [-0.4, -0.2) is 64.9 Å². The van der Waals surface area contributed by atoms with E-state index in [9.17, 15) is 31.9 Å². The SMILES string of the molecule is C=C(CNC(=O)c1cc(C(F)(F)F)ccc1F)N1CCC2(CC1)C(=O)N(C)C(=O)N2c1ccncc1. The average molecular weight is 505 g/mol. The average Bonchev–Trinajstić information content (AvgIpc) is 3.03. The highest BCUT2D eigenvalue weighted by Gasteiger charge is 2.57. The number of benzene rings is 1. The molecule has 2 aromatic rings. The standard InChI is InChI=1S/C24H23F4N5O3/c1-15(14-30-20(34)18-13-16(24(26,27)28)3-4-19(18)25)32-11-7-23(8-12-32)21(35)31(2)22(36)33(23)17-5-9-29-10-6-17/h3-6,9-10,13H,1,7-8,11-12,14H2,2H3,(H,30,34). The van der Waals surface area contributed by atoms with Crippen LogP contribution in [-0.2, 0) is 11.0 Å². The zero-order chi connectivity index (χ0) is 26.3. The molecule has 1 aromatic carbocycles. The van der Waals surface area contributed by atoms with Gasteiger partial charge in [-0.25, -0.2) is 9.18 Å². The third-order valence-corrected chi connectivity index (χ3v) is 6.56. The Morgan fingerprint density at radius 3 is 2.39 bits per heavy atom. The number of urea groups is 1. The molecule has 2 aliphatic heterocycles. The zero-order valence-electron chi connectivity index (χ0n) is 19.3. The van der Waals surface area contributed by atoms with Gasteiger partial charge in [0, 0.05) is 43.9 Å². The van der Waals surface area contributed by atoms with Crippen molar-refractivity contribution in [2.24, 2.45) is 0 Å². The van der Waals surface area contributed by atoms with E-state index in [1.807, 2.05) is 4.90 Å². The van der Waals surface area contributed by atoms with Crippen LogP contribution in [0.25, 0.3) is 0 Å². The van der Waals surface area contributed by atoms with Crippen molar-refractivity contribution in [2.45, 2.75) is 24.6 Å². The van der Waals surface area contributed by atoms with E-state index in [4.69, 9.17) is 0 Å². The smallest absolute Gasteiger partial charge is 0.374 e. The molecule has 12 heteroatoms. The molecule has 36 heavy (non-hydrogen) atoms. The molecular weight excluding hydrogens is 482 g/mol. The van der Waals surface area contributed by atoms with Gasteiger partial charge < -0.3 is 10.2 Å². The minimum atomic E-state index is -4.71. The molecule has 1 aromatic heterocycles. The second-order valence-corrected chi connectivity index (χ2v) is 8.65. The minimum absolute atomic E-state index is 0.137. The third kappa shape index (κ3) is 4.38. The lowest BCUT2D eigenvalue weighted by molar-refractivity contribution is -0.137. The van der Waals surface area contributed by atoms with Gasteiger partial charge in [-0.2, -0.15) is 13.2 Å². The van der Waals surface area contributed by atoms with Crippen molar-refractivity contribution in [1.29, 1.82) is 0 Å². The van der Waals surface area contributed by atoms with Crippen molar-refractivity contribution in [2.75, 3.05) is 31.6 Å². The number of hydrogen-bond acceptors (Lipinski definition) is 5. The topological polar surface area (TPSA) is 85.8 Å². The third-order valence-electron chi connectivity index (χ3n) is 6.56. The highest BCUT2D eigenvalue weighted by atomic mass is 19.4. The van der Waals surface area contributed by atoms with E-state index < -0.39 is 40.6 Å². The van der Waals surface area contributed by atoms with E-state index in [-0.39, 0.29) is 12.5 Å². The Kier molecular flexibility index (Phi) is 6.46. The molecule has 0 bridgehead atoms. The van der Waals surface area contributed by atoms with Crippen molar-refractivity contribution in [3.63, 3.8) is 0 Å².